The molecule has 0 radical (unpaired) electrons. The van der Waals surface area contributed by atoms with E-state index >= 15 is 0 Å². The van der Waals surface area contributed by atoms with Gasteiger partial charge >= 0.3 is 0 Å². The van der Waals surface area contributed by atoms with Crippen molar-refractivity contribution in [3.63, 3.8) is 0 Å². The molecule has 29 heavy (non-hydrogen) atoms. The van der Waals surface area contributed by atoms with E-state index in [1.165, 1.54) is 12.1 Å². The minimum Gasteiger partial charge on any atom is -0.487 e. The van der Waals surface area contributed by atoms with E-state index in [2.05, 4.69) is 27.3 Å². The minimum atomic E-state index is -0.687. The Bertz CT molecular complexity index is 1080. The third kappa shape index (κ3) is 5.10. The monoisotopic (exact) mass is 462 g/mol. The predicted octanol–water partition coefficient (Wildman–Crippen LogP) is 4.54. The highest BCUT2D eigenvalue weighted by Gasteiger charge is 2.14. The minimum absolute atomic E-state index is 0.111. The fraction of sp³-hybridized carbons (Fsp3) is 0.227. The van der Waals surface area contributed by atoms with Crippen molar-refractivity contribution in [1.29, 1.82) is 0 Å². The molecular formula is C22H21BrF2N2O2. The van der Waals surface area contributed by atoms with E-state index in [4.69, 9.17) is 4.74 Å². The number of ether oxygens (including phenoxy) is 1. The average molecular weight is 463 g/mol. The van der Waals surface area contributed by atoms with Crippen molar-refractivity contribution in [2.45, 2.75) is 26.6 Å². The number of nitrogens with zero attached hydrogens (tertiary/aromatic N) is 1. The van der Waals surface area contributed by atoms with Crippen LogP contribution in [-0.4, -0.2) is 11.6 Å². The molecule has 152 valence electrons. The molecule has 4 nitrogen and oxygen atoms in total. The van der Waals surface area contributed by atoms with Gasteiger partial charge in [0.05, 0.1) is 6.54 Å². The predicted molar refractivity (Wildman–Crippen MR) is 112 cm³/mol. The second-order valence-electron chi connectivity index (χ2n) is 6.73. The quantitative estimate of drug-likeness (QED) is 0.560. The Balaban J connectivity index is 1.82. The summed E-state index contributed by atoms with van der Waals surface area (Å²) in [6.07, 6.45) is 0. The molecule has 0 aliphatic rings. The number of hydrogen-bond donors (Lipinski definition) is 1. The molecule has 0 spiro atoms. The first-order chi connectivity index (χ1) is 13.9. The molecule has 0 aliphatic heterocycles. The number of hydrogen-bond acceptors (Lipinski definition) is 3. The highest BCUT2D eigenvalue weighted by Crippen LogP contribution is 2.24. The van der Waals surface area contributed by atoms with Crippen molar-refractivity contribution in [2.75, 3.05) is 7.05 Å². The Hall–Kier alpha value is -2.51. The molecule has 1 heterocycles. The fourth-order valence-electron chi connectivity index (χ4n) is 3.04. The number of aryl methyl sites for hydroxylation is 1. The van der Waals surface area contributed by atoms with Crippen LogP contribution in [0, 0.1) is 18.6 Å². The molecule has 2 aromatic carbocycles. The van der Waals surface area contributed by atoms with Crippen LogP contribution in [0.5, 0.6) is 5.75 Å². The highest BCUT2D eigenvalue weighted by atomic mass is 79.9. The SMILES string of the molecule is CNCc1cccc(Cn2c(C)cc(OCc3ccc(F)cc3F)c(Br)c2=O)c1. The smallest absolute Gasteiger partial charge is 0.269 e. The number of aromatic nitrogens is 1. The molecular weight excluding hydrogens is 442 g/mol. The fourth-order valence-corrected chi connectivity index (χ4v) is 3.48. The summed E-state index contributed by atoms with van der Waals surface area (Å²) >= 11 is 3.30. The first-order valence-electron chi connectivity index (χ1n) is 9.08. The van der Waals surface area contributed by atoms with Crippen molar-refractivity contribution in [2.24, 2.45) is 0 Å². The van der Waals surface area contributed by atoms with Gasteiger partial charge in [-0.2, -0.15) is 0 Å². The summed E-state index contributed by atoms with van der Waals surface area (Å²) in [5.74, 6) is -1.02. The molecule has 0 unspecified atom stereocenters. The van der Waals surface area contributed by atoms with Crippen LogP contribution in [0.15, 0.2) is 57.8 Å². The Labute approximate surface area is 176 Å². The highest BCUT2D eigenvalue weighted by molar-refractivity contribution is 9.10. The lowest BCUT2D eigenvalue weighted by molar-refractivity contribution is 0.296. The van der Waals surface area contributed by atoms with E-state index in [1.54, 1.807) is 10.6 Å². The Morgan fingerprint density at radius 2 is 1.86 bits per heavy atom. The molecule has 0 aliphatic carbocycles. The van der Waals surface area contributed by atoms with Gasteiger partial charge in [-0.25, -0.2) is 8.78 Å². The van der Waals surface area contributed by atoms with Crippen LogP contribution in [0.25, 0.3) is 0 Å². The van der Waals surface area contributed by atoms with Crippen molar-refractivity contribution >= 4 is 15.9 Å². The Morgan fingerprint density at radius 1 is 1.10 bits per heavy atom. The molecule has 0 saturated carbocycles. The third-order valence-electron chi connectivity index (χ3n) is 4.53. The van der Waals surface area contributed by atoms with Crippen LogP contribution in [0.4, 0.5) is 8.78 Å². The molecule has 0 fully saturated rings. The van der Waals surface area contributed by atoms with Crippen molar-refractivity contribution in [3.8, 4) is 5.75 Å². The number of nitrogens with one attached hydrogen (secondary N) is 1. The topological polar surface area (TPSA) is 43.3 Å². The van der Waals surface area contributed by atoms with Crippen LogP contribution in [-0.2, 0) is 19.7 Å². The molecule has 0 bridgehead atoms. The lowest BCUT2D eigenvalue weighted by Crippen LogP contribution is -2.24. The zero-order valence-electron chi connectivity index (χ0n) is 16.1. The molecule has 0 amide bonds. The number of pyridine rings is 1. The second-order valence-corrected chi connectivity index (χ2v) is 7.52. The maximum Gasteiger partial charge on any atom is 0.269 e. The average Bonchev–Trinajstić information content (AvgIpc) is 2.69. The maximum absolute atomic E-state index is 13.8. The first-order valence-corrected chi connectivity index (χ1v) is 9.87. The molecule has 0 saturated heterocycles. The number of rotatable bonds is 7. The summed E-state index contributed by atoms with van der Waals surface area (Å²) in [5.41, 5.74) is 2.83. The van der Waals surface area contributed by atoms with E-state index in [0.717, 1.165) is 23.7 Å². The standard InChI is InChI=1S/C22H21BrF2N2O2/c1-14-8-20(29-13-17-6-7-18(24)10-19(17)25)21(23)22(28)27(14)12-16-5-3-4-15(9-16)11-26-2/h3-10,26H,11-13H2,1-2H3. The van der Waals surface area contributed by atoms with Gasteiger partial charge in [-0.3, -0.25) is 4.79 Å². The summed E-state index contributed by atoms with van der Waals surface area (Å²) in [4.78, 5) is 12.8. The zero-order valence-corrected chi connectivity index (χ0v) is 17.7. The van der Waals surface area contributed by atoms with Crippen LogP contribution < -0.4 is 15.6 Å². The lowest BCUT2D eigenvalue weighted by atomic mass is 10.1. The van der Waals surface area contributed by atoms with Crippen LogP contribution in [0.3, 0.4) is 0 Å². The van der Waals surface area contributed by atoms with Crippen LogP contribution >= 0.6 is 15.9 Å². The Morgan fingerprint density at radius 3 is 2.59 bits per heavy atom. The van der Waals surface area contributed by atoms with Crippen molar-refractivity contribution < 1.29 is 13.5 Å². The van der Waals surface area contributed by atoms with Gasteiger partial charge in [-0.05, 0) is 53.2 Å². The van der Waals surface area contributed by atoms with E-state index in [-0.39, 0.29) is 22.2 Å². The zero-order chi connectivity index (χ0) is 21.0. The summed E-state index contributed by atoms with van der Waals surface area (Å²) in [5, 5.41) is 3.11. The maximum atomic E-state index is 13.8. The van der Waals surface area contributed by atoms with Crippen molar-refractivity contribution in [1.82, 2.24) is 9.88 Å². The lowest BCUT2D eigenvalue weighted by Gasteiger charge is -2.15. The molecule has 1 aromatic heterocycles. The third-order valence-corrected chi connectivity index (χ3v) is 5.26. The van der Waals surface area contributed by atoms with Gasteiger partial charge in [-0.1, -0.05) is 24.3 Å². The van der Waals surface area contributed by atoms with Gasteiger partial charge < -0.3 is 14.6 Å². The summed E-state index contributed by atoms with van der Waals surface area (Å²) in [7, 11) is 1.88. The van der Waals surface area contributed by atoms with E-state index in [0.29, 0.717) is 18.0 Å². The van der Waals surface area contributed by atoms with E-state index < -0.39 is 11.6 Å². The molecule has 3 aromatic rings. The van der Waals surface area contributed by atoms with Crippen LogP contribution in [0.2, 0.25) is 0 Å². The molecule has 3 rings (SSSR count). The summed E-state index contributed by atoms with van der Waals surface area (Å²) < 4.78 is 34.4. The van der Waals surface area contributed by atoms with Gasteiger partial charge in [0.2, 0.25) is 0 Å². The van der Waals surface area contributed by atoms with Gasteiger partial charge in [0.1, 0.15) is 28.5 Å². The van der Waals surface area contributed by atoms with Crippen molar-refractivity contribution in [3.05, 3.63) is 97.4 Å². The largest absolute Gasteiger partial charge is 0.487 e. The van der Waals surface area contributed by atoms with Gasteiger partial charge in [0.25, 0.3) is 5.56 Å². The van der Waals surface area contributed by atoms with Gasteiger partial charge in [-0.15, -0.1) is 0 Å². The first kappa shape index (κ1) is 21.2. The van der Waals surface area contributed by atoms with E-state index in [9.17, 15) is 13.6 Å². The summed E-state index contributed by atoms with van der Waals surface area (Å²) in [6.45, 7) is 2.88. The molecule has 1 N–H and O–H groups in total. The number of halogens is 3. The van der Waals surface area contributed by atoms with Crippen LogP contribution in [0.1, 0.15) is 22.4 Å². The molecule has 0 atom stereocenters. The Kier molecular flexibility index (Phi) is 6.82. The summed E-state index contributed by atoms with van der Waals surface area (Å²) in [6, 6.07) is 13.0. The molecule has 7 heteroatoms. The second kappa shape index (κ2) is 9.33. The number of benzene rings is 2. The normalized spacial score (nSPS) is 10.9. The van der Waals surface area contributed by atoms with E-state index in [1.807, 2.05) is 32.2 Å². The van der Waals surface area contributed by atoms with Gasteiger partial charge in [0, 0.05) is 29.9 Å². The van der Waals surface area contributed by atoms with Gasteiger partial charge in [0.15, 0.2) is 0 Å².